The van der Waals surface area contributed by atoms with Crippen molar-refractivity contribution in [1.29, 1.82) is 0 Å². The fraction of sp³-hybridized carbons (Fsp3) is 0.444. The van der Waals surface area contributed by atoms with E-state index in [1.807, 2.05) is 11.7 Å². The number of fused-ring (bicyclic) bond motifs is 1. The standard InChI is InChI=1S/C18H24N4O/c1-13-7-9-14(10-8-13)22-16-6-3-5-15(16)17(21-22)18(23)20-12-4-11-19-2/h7-10,19H,3-6,11-12H2,1-2H3,(H,20,23). The Kier molecular flexibility index (Phi) is 4.76. The van der Waals surface area contributed by atoms with Crippen molar-refractivity contribution in [2.75, 3.05) is 20.1 Å². The van der Waals surface area contributed by atoms with Gasteiger partial charge in [0.1, 0.15) is 0 Å². The van der Waals surface area contributed by atoms with E-state index >= 15 is 0 Å². The highest BCUT2D eigenvalue weighted by molar-refractivity contribution is 5.94. The van der Waals surface area contributed by atoms with Gasteiger partial charge in [0, 0.05) is 17.8 Å². The number of carbonyl (C=O) groups excluding carboxylic acids is 1. The van der Waals surface area contributed by atoms with Crippen LogP contribution in [-0.4, -0.2) is 35.8 Å². The van der Waals surface area contributed by atoms with Crippen LogP contribution >= 0.6 is 0 Å². The van der Waals surface area contributed by atoms with Gasteiger partial charge in [-0.3, -0.25) is 4.79 Å². The van der Waals surface area contributed by atoms with Crippen LogP contribution in [0.2, 0.25) is 0 Å². The lowest BCUT2D eigenvalue weighted by molar-refractivity contribution is 0.0947. The van der Waals surface area contributed by atoms with E-state index in [0.29, 0.717) is 12.2 Å². The van der Waals surface area contributed by atoms with E-state index < -0.39 is 0 Å². The van der Waals surface area contributed by atoms with E-state index in [4.69, 9.17) is 0 Å². The summed E-state index contributed by atoms with van der Waals surface area (Å²) in [5.41, 5.74) is 5.16. The van der Waals surface area contributed by atoms with E-state index in [1.165, 1.54) is 11.3 Å². The van der Waals surface area contributed by atoms with Crippen molar-refractivity contribution in [2.24, 2.45) is 0 Å². The van der Waals surface area contributed by atoms with Gasteiger partial charge < -0.3 is 10.6 Å². The molecule has 0 bridgehead atoms. The molecule has 1 aliphatic rings. The summed E-state index contributed by atoms with van der Waals surface area (Å²) < 4.78 is 1.95. The molecule has 5 heteroatoms. The molecular formula is C18H24N4O. The van der Waals surface area contributed by atoms with Crippen molar-refractivity contribution >= 4 is 5.91 Å². The molecule has 0 saturated heterocycles. The Morgan fingerprint density at radius 3 is 2.74 bits per heavy atom. The lowest BCUT2D eigenvalue weighted by Gasteiger charge is -2.06. The van der Waals surface area contributed by atoms with Crippen LogP contribution in [0.1, 0.15) is 40.2 Å². The maximum absolute atomic E-state index is 12.5. The molecule has 0 saturated carbocycles. The first kappa shape index (κ1) is 15.7. The molecule has 0 fully saturated rings. The third-order valence-electron chi connectivity index (χ3n) is 4.31. The highest BCUT2D eigenvalue weighted by Crippen LogP contribution is 2.27. The quantitative estimate of drug-likeness (QED) is 0.802. The first-order chi connectivity index (χ1) is 11.2. The summed E-state index contributed by atoms with van der Waals surface area (Å²) in [6, 6.07) is 8.29. The minimum absolute atomic E-state index is 0.0508. The van der Waals surface area contributed by atoms with Gasteiger partial charge in [0.25, 0.3) is 5.91 Å². The zero-order valence-electron chi connectivity index (χ0n) is 13.9. The highest BCUT2D eigenvalue weighted by Gasteiger charge is 2.26. The van der Waals surface area contributed by atoms with Gasteiger partial charge in [0.05, 0.1) is 5.69 Å². The van der Waals surface area contributed by atoms with E-state index in [1.54, 1.807) is 0 Å². The van der Waals surface area contributed by atoms with Gasteiger partial charge in [0.15, 0.2) is 5.69 Å². The van der Waals surface area contributed by atoms with Gasteiger partial charge >= 0.3 is 0 Å². The number of nitrogens with one attached hydrogen (secondary N) is 2. The SMILES string of the molecule is CNCCCNC(=O)c1nn(-c2ccc(C)cc2)c2c1CCC2. The second kappa shape index (κ2) is 6.96. The van der Waals surface area contributed by atoms with Crippen LogP contribution in [0.15, 0.2) is 24.3 Å². The molecule has 23 heavy (non-hydrogen) atoms. The Morgan fingerprint density at radius 1 is 1.22 bits per heavy atom. The summed E-state index contributed by atoms with van der Waals surface area (Å²) >= 11 is 0. The predicted molar refractivity (Wildman–Crippen MR) is 91.2 cm³/mol. The minimum atomic E-state index is -0.0508. The molecule has 1 heterocycles. The first-order valence-corrected chi connectivity index (χ1v) is 8.31. The Bertz CT molecular complexity index is 688. The molecular weight excluding hydrogens is 288 g/mol. The number of aromatic nitrogens is 2. The molecule has 1 amide bonds. The highest BCUT2D eigenvalue weighted by atomic mass is 16.1. The zero-order chi connectivity index (χ0) is 16.2. The lowest BCUT2D eigenvalue weighted by atomic mass is 10.2. The van der Waals surface area contributed by atoms with Gasteiger partial charge in [-0.05, 0) is 58.3 Å². The third-order valence-corrected chi connectivity index (χ3v) is 4.31. The van der Waals surface area contributed by atoms with E-state index in [-0.39, 0.29) is 5.91 Å². The van der Waals surface area contributed by atoms with Crippen molar-refractivity contribution in [3.63, 3.8) is 0 Å². The monoisotopic (exact) mass is 312 g/mol. The molecule has 0 radical (unpaired) electrons. The molecule has 2 aromatic rings. The number of amides is 1. The van der Waals surface area contributed by atoms with E-state index in [9.17, 15) is 4.79 Å². The fourth-order valence-electron chi connectivity index (χ4n) is 3.07. The second-order valence-electron chi connectivity index (χ2n) is 6.09. The topological polar surface area (TPSA) is 58.9 Å². The van der Waals surface area contributed by atoms with Crippen LogP contribution in [0.5, 0.6) is 0 Å². The number of carbonyl (C=O) groups is 1. The van der Waals surface area contributed by atoms with Gasteiger partial charge in [-0.25, -0.2) is 4.68 Å². The van der Waals surface area contributed by atoms with Crippen molar-refractivity contribution in [3.8, 4) is 5.69 Å². The van der Waals surface area contributed by atoms with Gasteiger partial charge in [-0.15, -0.1) is 0 Å². The number of benzene rings is 1. The molecule has 0 spiro atoms. The molecule has 0 atom stereocenters. The number of hydrogen-bond donors (Lipinski definition) is 2. The van der Waals surface area contributed by atoms with Crippen LogP contribution in [-0.2, 0) is 12.8 Å². The van der Waals surface area contributed by atoms with Gasteiger partial charge in [-0.2, -0.15) is 5.10 Å². The first-order valence-electron chi connectivity index (χ1n) is 8.31. The second-order valence-corrected chi connectivity index (χ2v) is 6.09. The normalized spacial score (nSPS) is 13.1. The number of hydrogen-bond acceptors (Lipinski definition) is 3. The van der Waals surface area contributed by atoms with Crippen molar-refractivity contribution in [2.45, 2.75) is 32.6 Å². The van der Waals surface area contributed by atoms with Gasteiger partial charge in [-0.1, -0.05) is 17.7 Å². The maximum atomic E-state index is 12.5. The molecule has 1 aromatic carbocycles. The number of rotatable bonds is 6. The molecule has 1 aromatic heterocycles. The summed E-state index contributed by atoms with van der Waals surface area (Å²) in [5, 5.41) is 10.7. The summed E-state index contributed by atoms with van der Waals surface area (Å²) in [4.78, 5) is 12.5. The smallest absolute Gasteiger partial charge is 0.272 e. The van der Waals surface area contributed by atoms with Crippen molar-refractivity contribution in [3.05, 3.63) is 46.8 Å². The maximum Gasteiger partial charge on any atom is 0.272 e. The fourth-order valence-corrected chi connectivity index (χ4v) is 3.07. The van der Waals surface area contributed by atoms with Crippen LogP contribution in [0, 0.1) is 6.92 Å². The predicted octanol–water partition coefficient (Wildman–Crippen LogP) is 2.01. The molecule has 2 N–H and O–H groups in total. The Morgan fingerprint density at radius 2 is 2.00 bits per heavy atom. The molecule has 1 aliphatic carbocycles. The molecule has 0 aliphatic heterocycles. The lowest BCUT2D eigenvalue weighted by Crippen LogP contribution is -2.27. The summed E-state index contributed by atoms with van der Waals surface area (Å²) in [6.07, 6.45) is 3.95. The average Bonchev–Trinajstić information content (AvgIpc) is 3.14. The van der Waals surface area contributed by atoms with Crippen LogP contribution < -0.4 is 10.6 Å². The number of nitrogens with zero attached hydrogens (tertiary/aromatic N) is 2. The van der Waals surface area contributed by atoms with Crippen LogP contribution in [0.25, 0.3) is 5.69 Å². The van der Waals surface area contributed by atoms with Crippen molar-refractivity contribution < 1.29 is 4.79 Å². The third kappa shape index (κ3) is 3.29. The molecule has 0 unspecified atom stereocenters. The van der Waals surface area contributed by atoms with E-state index in [0.717, 1.165) is 43.5 Å². The van der Waals surface area contributed by atoms with Crippen molar-refractivity contribution in [1.82, 2.24) is 20.4 Å². The summed E-state index contributed by atoms with van der Waals surface area (Å²) in [6.45, 7) is 3.64. The Labute approximate surface area is 137 Å². The average molecular weight is 312 g/mol. The Hall–Kier alpha value is -2.14. The summed E-state index contributed by atoms with van der Waals surface area (Å²) in [7, 11) is 1.91. The Balaban J connectivity index is 1.83. The van der Waals surface area contributed by atoms with Crippen LogP contribution in [0.3, 0.4) is 0 Å². The summed E-state index contributed by atoms with van der Waals surface area (Å²) in [5.74, 6) is -0.0508. The van der Waals surface area contributed by atoms with E-state index in [2.05, 4.69) is 46.9 Å². The largest absolute Gasteiger partial charge is 0.351 e. The molecule has 5 nitrogen and oxygen atoms in total. The number of aryl methyl sites for hydroxylation is 1. The van der Waals surface area contributed by atoms with Gasteiger partial charge in [0.2, 0.25) is 0 Å². The molecule has 122 valence electrons. The minimum Gasteiger partial charge on any atom is -0.351 e. The molecule has 3 rings (SSSR count). The van der Waals surface area contributed by atoms with Crippen LogP contribution in [0.4, 0.5) is 0 Å². The zero-order valence-corrected chi connectivity index (χ0v) is 13.9.